The number of imidazole rings is 1. The summed E-state index contributed by atoms with van der Waals surface area (Å²) in [6.45, 7) is 4.67. The Kier molecular flexibility index (Phi) is 11.9. The number of aromatic nitrogens is 2. The molecule has 186 valence electrons. The van der Waals surface area contributed by atoms with E-state index >= 15 is 0 Å². The van der Waals surface area contributed by atoms with Gasteiger partial charge in [-0.15, -0.1) is 0 Å². The maximum absolute atomic E-state index is 12.8. The number of carbonyl (C=O) groups is 4. The Morgan fingerprint density at radius 2 is 1.70 bits per heavy atom. The van der Waals surface area contributed by atoms with Crippen molar-refractivity contribution in [2.24, 2.45) is 11.7 Å². The van der Waals surface area contributed by atoms with E-state index in [0.29, 0.717) is 17.9 Å². The number of nitrogens with two attached hydrogens (primary N) is 1. The molecule has 33 heavy (non-hydrogen) atoms. The van der Waals surface area contributed by atoms with Crippen LogP contribution in [0.5, 0.6) is 0 Å². The number of rotatable bonds is 14. The van der Waals surface area contributed by atoms with E-state index in [0.717, 1.165) is 0 Å². The van der Waals surface area contributed by atoms with Crippen molar-refractivity contribution in [1.82, 2.24) is 25.9 Å². The Bertz CT molecular complexity index is 788. The molecule has 8 N–H and O–H groups in total. The van der Waals surface area contributed by atoms with E-state index in [1.807, 2.05) is 6.26 Å². The van der Waals surface area contributed by atoms with Crippen LogP contribution in [0.3, 0.4) is 0 Å². The van der Waals surface area contributed by atoms with E-state index in [4.69, 9.17) is 5.73 Å². The van der Waals surface area contributed by atoms with Crippen molar-refractivity contribution < 1.29 is 29.4 Å². The molecule has 0 aliphatic heterocycles. The number of aliphatic hydroxyl groups excluding tert-OH is 1. The lowest BCUT2D eigenvalue weighted by atomic mass is 10.0. The van der Waals surface area contributed by atoms with Crippen molar-refractivity contribution >= 4 is 35.5 Å². The summed E-state index contributed by atoms with van der Waals surface area (Å²) in [5.41, 5.74) is 6.34. The summed E-state index contributed by atoms with van der Waals surface area (Å²) in [6.07, 6.45) is 3.82. The second kappa shape index (κ2) is 13.8. The zero-order valence-corrected chi connectivity index (χ0v) is 20.0. The molecule has 0 bridgehead atoms. The Hall–Kier alpha value is -2.64. The first-order chi connectivity index (χ1) is 15.5. The number of hydrogen-bond donors (Lipinski definition) is 7. The standard InChI is InChI=1S/C20H34N6O6S/c1-10(2)15(18(29)24-14(20(31)32)7-12-8-22-9-23-12)25-19(30)16(11(3)27)26-17(28)13(21)5-6-33-4/h8-11,13-16,27H,5-7,21H2,1-4H3,(H,22,23)(H,24,29)(H,25,30)(H,26,28)(H,31,32). The molecule has 0 fully saturated rings. The number of carboxylic acids is 1. The lowest BCUT2D eigenvalue weighted by Gasteiger charge is -2.28. The summed E-state index contributed by atoms with van der Waals surface area (Å²) in [6, 6.07) is -4.55. The Morgan fingerprint density at radius 3 is 2.18 bits per heavy atom. The molecule has 5 unspecified atom stereocenters. The highest BCUT2D eigenvalue weighted by molar-refractivity contribution is 7.98. The van der Waals surface area contributed by atoms with Crippen LogP contribution >= 0.6 is 11.8 Å². The molecule has 1 aromatic rings. The number of aromatic amines is 1. The van der Waals surface area contributed by atoms with Crippen LogP contribution in [0.2, 0.25) is 0 Å². The van der Waals surface area contributed by atoms with Crippen molar-refractivity contribution in [3.05, 3.63) is 18.2 Å². The SMILES string of the molecule is CSCCC(N)C(=O)NC(C(=O)NC(C(=O)NC(Cc1cnc[nH]1)C(=O)O)C(C)C)C(C)O. The highest BCUT2D eigenvalue weighted by Gasteiger charge is 2.33. The Morgan fingerprint density at radius 1 is 1.09 bits per heavy atom. The van der Waals surface area contributed by atoms with E-state index in [2.05, 4.69) is 25.9 Å². The number of amides is 3. The molecular weight excluding hydrogens is 452 g/mol. The zero-order chi connectivity index (χ0) is 25.1. The largest absolute Gasteiger partial charge is 0.480 e. The van der Waals surface area contributed by atoms with Gasteiger partial charge in [-0.05, 0) is 31.3 Å². The van der Waals surface area contributed by atoms with E-state index in [9.17, 15) is 29.4 Å². The lowest BCUT2D eigenvalue weighted by molar-refractivity contribution is -0.142. The van der Waals surface area contributed by atoms with Crippen molar-refractivity contribution in [1.29, 1.82) is 0 Å². The number of carbonyl (C=O) groups excluding carboxylic acids is 3. The molecule has 12 nitrogen and oxygen atoms in total. The van der Waals surface area contributed by atoms with Gasteiger partial charge < -0.3 is 36.9 Å². The monoisotopic (exact) mass is 486 g/mol. The molecule has 5 atom stereocenters. The summed E-state index contributed by atoms with van der Waals surface area (Å²) in [4.78, 5) is 56.1. The van der Waals surface area contributed by atoms with Crippen LogP contribution in [0.15, 0.2) is 12.5 Å². The van der Waals surface area contributed by atoms with Crippen LogP contribution in [0, 0.1) is 5.92 Å². The fourth-order valence-electron chi connectivity index (χ4n) is 2.90. The lowest BCUT2D eigenvalue weighted by Crippen LogP contribution is -2.60. The van der Waals surface area contributed by atoms with E-state index in [-0.39, 0.29) is 6.42 Å². The highest BCUT2D eigenvalue weighted by atomic mass is 32.2. The van der Waals surface area contributed by atoms with Gasteiger partial charge >= 0.3 is 5.97 Å². The molecule has 1 heterocycles. The third-order valence-electron chi connectivity index (χ3n) is 4.87. The molecule has 13 heteroatoms. The van der Waals surface area contributed by atoms with Gasteiger partial charge in [-0.2, -0.15) is 11.8 Å². The third-order valence-corrected chi connectivity index (χ3v) is 5.52. The number of carboxylic acid groups (broad SMARTS) is 1. The quantitative estimate of drug-likeness (QED) is 0.165. The average Bonchev–Trinajstić information content (AvgIpc) is 3.25. The first kappa shape index (κ1) is 28.4. The number of nitrogens with zero attached hydrogens (tertiary/aromatic N) is 1. The minimum atomic E-state index is -1.34. The molecule has 0 radical (unpaired) electrons. The van der Waals surface area contributed by atoms with Crippen molar-refractivity contribution in [3.8, 4) is 0 Å². The van der Waals surface area contributed by atoms with Crippen LogP contribution in [-0.4, -0.2) is 86.2 Å². The molecule has 0 saturated heterocycles. The first-order valence-electron chi connectivity index (χ1n) is 10.5. The molecule has 0 aliphatic carbocycles. The van der Waals surface area contributed by atoms with Crippen molar-refractivity contribution in [3.63, 3.8) is 0 Å². The van der Waals surface area contributed by atoms with Gasteiger partial charge in [0.25, 0.3) is 0 Å². The second-order valence-electron chi connectivity index (χ2n) is 8.03. The van der Waals surface area contributed by atoms with Crippen LogP contribution in [0.1, 0.15) is 32.9 Å². The van der Waals surface area contributed by atoms with E-state index in [1.165, 1.54) is 31.2 Å². The number of aliphatic carboxylic acids is 1. The van der Waals surface area contributed by atoms with Gasteiger partial charge in [0.2, 0.25) is 17.7 Å². The summed E-state index contributed by atoms with van der Waals surface area (Å²) in [7, 11) is 0. The summed E-state index contributed by atoms with van der Waals surface area (Å²) in [5, 5.41) is 26.8. The highest BCUT2D eigenvalue weighted by Crippen LogP contribution is 2.07. The summed E-state index contributed by atoms with van der Waals surface area (Å²) in [5.74, 6) is -3.10. The second-order valence-corrected chi connectivity index (χ2v) is 9.01. The van der Waals surface area contributed by atoms with Crippen LogP contribution < -0.4 is 21.7 Å². The van der Waals surface area contributed by atoms with E-state index < -0.39 is 59.9 Å². The van der Waals surface area contributed by atoms with Crippen molar-refractivity contribution in [2.45, 2.75) is 63.9 Å². The Labute approximate surface area is 196 Å². The predicted molar refractivity (Wildman–Crippen MR) is 123 cm³/mol. The van der Waals surface area contributed by atoms with Gasteiger partial charge in [-0.3, -0.25) is 14.4 Å². The van der Waals surface area contributed by atoms with Gasteiger partial charge in [-0.25, -0.2) is 9.78 Å². The molecule has 1 aromatic heterocycles. The minimum absolute atomic E-state index is 0.0277. The number of H-pyrrole nitrogens is 1. The molecule has 0 aromatic carbocycles. The first-order valence-corrected chi connectivity index (χ1v) is 11.9. The number of nitrogens with one attached hydrogen (secondary N) is 4. The predicted octanol–water partition coefficient (Wildman–Crippen LogP) is -1.39. The molecular formula is C20H34N6O6S. The molecule has 0 spiro atoms. The fourth-order valence-corrected chi connectivity index (χ4v) is 3.39. The van der Waals surface area contributed by atoms with Gasteiger partial charge in [0, 0.05) is 18.3 Å². The maximum Gasteiger partial charge on any atom is 0.326 e. The van der Waals surface area contributed by atoms with E-state index in [1.54, 1.807) is 13.8 Å². The number of thioether (sulfide) groups is 1. The summed E-state index contributed by atoms with van der Waals surface area (Å²) >= 11 is 1.52. The Balaban J connectivity index is 2.87. The normalized spacial score (nSPS) is 15.7. The van der Waals surface area contributed by atoms with Crippen LogP contribution in [-0.2, 0) is 25.6 Å². The summed E-state index contributed by atoms with van der Waals surface area (Å²) < 4.78 is 0. The zero-order valence-electron chi connectivity index (χ0n) is 19.2. The smallest absolute Gasteiger partial charge is 0.326 e. The topological polar surface area (TPSA) is 200 Å². The van der Waals surface area contributed by atoms with Gasteiger partial charge in [0.05, 0.1) is 18.5 Å². The molecule has 0 saturated carbocycles. The molecule has 0 aliphatic rings. The maximum atomic E-state index is 12.8. The van der Waals surface area contributed by atoms with Gasteiger partial charge in [-0.1, -0.05) is 13.8 Å². The van der Waals surface area contributed by atoms with Crippen molar-refractivity contribution in [2.75, 3.05) is 12.0 Å². The average molecular weight is 487 g/mol. The van der Waals surface area contributed by atoms with Crippen LogP contribution in [0.4, 0.5) is 0 Å². The third kappa shape index (κ3) is 9.40. The molecule has 1 rings (SSSR count). The number of hydrogen-bond acceptors (Lipinski definition) is 8. The van der Waals surface area contributed by atoms with Gasteiger partial charge in [0.1, 0.15) is 18.1 Å². The van der Waals surface area contributed by atoms with Crippen LogP contribution in [0.25, 0.3) is 0 Å². The fraction of sp³-hybridized carbons (Fsp3) is 0.650. The van der Waals surface area contributed by atoms with Gasteiger partial charge in [0.15, 0.2) is 0 Å². The minimum Gasteiger partial charge on any atom is -0.480 e. The number of aliphatic hydroxyl groups is 1. The molecule has 3 amide bonds.